The third kappa shape index (κ3) is 7.72. The maximum Gasteiger partial charge on any atom is 0.407 e. The van der Waals surface area contributed by atoms with Gasteiger partial charge < -0.3 is 25.0 Å². The number of nitrogens with one attached hydrogen (secondary N) is 3. The monoisotopic (exact) mass is 696 g/mol. The van der Waals surface area contributed by atoms with Crippen LogP contribution in [0.1, 0.15) is 52.0 Å². The maximum absolute atomic E-state index is 14.3. The number of rotatable bonds is 6. The maximum atomic E-state index is 14.3. The molecule has 1 saturated heterocycles. The molecule has 2 aromatic rings. The van der Waals surface area contributed by atoms with Crippen molar-refractivity contribution in [2.75, 3.05) is 27.2 Å². The SMILES string of the molecule is C=C[C@@H]1C[C@]1(NC(=O)[C@@H]1C[C@@H]2CN1C(=O)[C@H](C(C)(C)C)NC(=O)OCCC/C=C/c1ccc3ccnc(c3c1)O2)C(=O)NS(=O)(=O)N(C)C. The van der Waals surface area contributed by atoms with Crippen molar-refractivity contribution in [1.82, 2.24) is 29.5 Å². The molecule has 15 heteroatoms. The van der Waals surface area contributed by atoms with Gasteiger partial charge in [0.05, 0.1) is 13.2 Å². The molecule has 5 atom stereocenters. The number of ether oxygens (including phenoxy) is 2. The molecule has 3 N–H and O–H groups in total. The van der Waals surface area contributed by atoms with E-state index in [0.717, 1.165) is 20.6 Å². The highest BCUT2D eigenvalue weighted by atomic mass is 32.2. The van der Waals surface area contributed by atoms with Crippen LogP contribution in [-0.2, 0) is 29.3 Å². The van der Waals surface area contributed by atoms with Gasteiger partial charge in [0.25, 0.3) is 5.91 Å². The number of nitrogens with zero attached hydrogens (tertiary/aromatic N) is 3. The van der Waals surface area contributed by atoms with Gasteiger partial charge in [-0.15, -0.1) is 6.58 Å². The lowest BCUT2D eigenvalue weighted by molar-refractivity contribution is -0.142. The smallest absolute Gasteiger partial charge is 0.407 e. The Balaban J connectivity index is 1.51. The minimum absolute atomic E-state index is 0.0307. The van der Waals surface area contributed by atoms with E-state index >= 15 is 0 Å². The van der Waals surface area contributed by atoms with Crippen LogP contribution in [-0.4, -0.2) is 97.4 Å². The number of cyclic esters (lactones) is 1. The molecule has 0 spiro atoms. The number of aromatic nitrogens is 1. The zero-order valence-electron chi connectivity index (χ0n) is 28.4. The van der Waals surface area contributed by atoms with Crippen molar-refractivity contribution in [3.63, 3.8) is 0 Å². The molecule has 1 aromatic carbocycles. The molecule has 1 aromatic heterocycles. The molecule has 3 aliphatic rings. The molecule has 5 rings (SSSR count). The Morgan fingerprint density at radius 1 is 1.20 bits per heavy atom. The first kappa shape index (κ1) is 35.8. The van der Waals surface area contributed by atoms with Gasteiger partial charge in [0.15, 0.2) is 0 Å². The first-order valence-electron chi connectivity index (χ1n) is 16.2. The fraction of sp³-hybridized carbons (Fsp3) is 0.500. The normalized spacial score (nSPS) is 26.9. The molecule has 1 aliphatic carbocycles. The van der Waals surface area contributed by atoms with Crippen molar-refractivity contribution in [1.29, 1.82) is 0 Å². The average molecular weight is 697 g/mol. The van der Waals surface area contributed by atoms with Crippen LogP contribution < -0.4 is 20.1 Å². The van der Waals surface area contributed by atoms with Gasteiger partial charge in [-0.1, -0.05) is 51.1 Å². The lowest BCUT2D eigenvalue weighted by atomic mass is 9.85. The predicted octanol–water partition coefficient (Wildman–Crippen LogP) is 2.51. The Hall–Kier alpha value is -4.50. The van der Waals surface area contributed by atoms with Gasteiger partial charge in [-0.25, -0.2) is 14.5 Å². The summed E-state index contributed by atoms with van der Waals surface area (Å²) in [6.45, 7) is 9.20. The van der Waals surface area contributed by atoms with Crippen molar-refractivity contribution in [2.24, 2.45) is 11.3 Å². The summed E-state index contributed by atoms with van der Waals surface area (Å²) < 4.78 is 39.7. The standard InChI is InChI=1S/C34H44N6O8S/c1-7-23-19-34(23,31(43)38-49(45,46)39(5)6)37-28(41)26-18-24-20-40(26)30(42)27(33(2,3)4)36-32(44)47-16-10-8-9-11-21-12-13-22-14-15-35-29(48-24)25(22)17-21/h7,9,11-15,17,23-24,26-27H,1,8,10,16,18-20H2,2-6H3,(H,36,44)(H,37,41)(H,38,43)/b11-9+/t23-,24-,26+,27-,34-/m1/s1. The number of alkyl carbamates (subject to hydrolysis) is 1. The van der Waals surface area contributed by atoms with E-state index in [-0.39, 0.29) is 26.0 Å². The van der Waals surface area contributed by atoms with Gasteiger partial charge in [0.2, 0.25) is 17.7 Å². The van der Waals surface area contributed by atoms with E-state index in [4.69, 9.17) is 9.47 Å². The second-order valence-electron chi connectivity index (χ2n) is 13.9. The molecular weight excluding hydrogens is 652 g/mol. The number of benzene rings is 1. The summed E-state index contributed by atoms with van der Waals surface area (Å²) >= 11 is 0. The Labute approximate surface area is 286 Å². The molecule has 4 amide bonds. The summed E-state index contributed by atoms with van der Waals surface area (Å²) in [5.41, 5.74) is -1.46. The Morgan fingerprint density at radius 2 is 1.96 bits per heavy atom. The number of hydrogen-bond donors (Lipinski definition) is 3. The fourth-order valence-electron chi connectivity index (χ4n) is 6.09. The minimum atomic E-state index is -4.16. The molecule has 264 valence electrons. The van der Waals surface area contributed by atoms with Gasteiger partial charge in [-0.2, -0.15) is 12.7 Å². The van der Waals surface area contributed by atoms with Crippen LogP contribution in [0.15, 0.2) is 49.2 Å². The molecular formula is C34H44N6O8S. The molecule has 3 heterocycles. The third-order valence-electron chi connectivity index (χ3n) is 9.07. The second-order valence-corrected chi connectivity index (χ2v) is 15.8. The second kappa shape index (κ2) is 13.8. The van der Waals surface area contributed by atoms with Crippen LogP contribution in [0.25, 0.3) is 16.8 Å². The summed E-state index contributed by atoms with van der Waals surface area (Å²) in [5.74, 6) is -2.35. The quantitative estimate of drug-likeness (QED) is 0.383. The molecule has 2 aliphatic heterocycles. The molecule has 49 heavy (non-hydrogen) atoms. The van der Waals surface area contributed by atoms with Gasteiger partial charge in [-0.05, 0) is 47.8 Å². The van der Waals surface area contributed by atoms with Crippen molar-refractivity contribution in [3.05, 3.63) is 54.8 Å². The van der Waals surface area contributed by atoms with Crippen molar-refractivity contribution < 1.29 is 37.1 Å². The average Bonchev–Trinajstić information content (AvgIpc) is 3.59. The Morgan fingerprint density at radius 3 is 2.63 bits per heavy atom. The highest BCUT2D eigenvalue weighted by Gasteiger charge is 2.61. The number of carbonyl (C=O) groups is 4. The van der Waals surface area contributed by atoms with Gasteiger partial charge in [0.1, 0.15) is 23.7 Å². The first-order valence-corrected chi connectivity index (χ1v) is 17.6. The van der Waals surface area contributed by atoms with Crippen LogP contribution in [0.3, 0.4) is 0 Å². The van der Waals surface area contributed by atoms with Gasteiger partial charge >= 0.3 is 16.3 Å². The molecule has 0 radical (unpaired) electrons. The van der Waals surface area contributed by atoms with E-state index in [1.165, 1.54) is 25.1 Å². The van der Waals surface area contributed by atoms with Crippen molar-refractivity contribution in [3.8, 4) is 5.88 Å². The largest absolute Gasteiger partial charge is 0.472 e. The highest BCUT2D eigenvalue weighted by molar-refractivity contribution is 7.87. The van der Waals surface area contributed by atoms with Crippen LogP contribution in [0.4, 0.5) is 4.79 Å². The molecule has 4 bridgehead atoms. The van der Waals surface area contributed by atoms with E-state index in [9.17, 15) is 27.6 Å². The lowest BCUT2D eigenvalue weighted by Crippen LogP contribution is -2.60. The number of carbonyl (C=O) groups excluding carboxylic acids is 4. The zero-order chi connectivity index (χ0) is 35.7. The topological polar surface area (TPSA) is 176 Å². The number of hydrogen-bond acceptors (Lipinski definition) is 9. The van der Waals surface area contributed by atoms with Gasteiger partial charge in [0, 0.05) is 38.0 Å². The van der Waals surface area contributed by atoms with Crippen molar-refractivity contribution >= 4 is 50.9 Å². The number of pyridine rings is 1. The van der Waals surface area contributed by atoms with E-state index in [0.29, 0.717) is 18.7 Å². The van der Waals surface area contributed by atoms with Crippen molar-refractivity contribution in [2.45, 2.75) is 70.2 Å². The minimum Gasteiger partial charge on any atom is -0.472 e. The predicted molar refractivity (Wildman–Crippen MR) is 182 cm³/mol. The van der Waals surface area contributed by atoms with Crippen LogP contribution in [0.5, 0.6) is 5.88 Å². The lowest BCUT2D eigenvalue weighted by Gasteiger charge is -2.35. The summed E-state index contributed by atoms with van der Waals surface area (Å²) in [4.78, 5) is 60.6. The summed E-state index contributed by atoms with van der Waals surface area (Å²) in [6.07, 6.45) is 6.96. The van der Waals surface area contributed by atoms with E-state index in [1.807, 2.05) is 41.1 Å². The Bertz CT molecular complexity index is 1790. The van der Waals surface area contributed by atoms with Crippen LogP contribution in [0, 0.1) is 11.3 Å². The summed E-state index contributed by atoms with van der Waals surface area (Å²) in [6, 6.07) is 5.51. The Kier molecular flexibility index (Phi) is 10.1. The highest BCUT2D eigenvalue weighted by Crippen LogP contribution is 2.45. The van der Waals surface area contributed by atoms with E-state index < -0.39 is 69.1 Å². The first-order chi connectivity index (χ1) is 23.1. The number of allylic oxidation sites excluding steroid dienone is 1. The van der Waals surface area contributed by atoms with E-state index in [1.54, 1.807) is 27.0 Å². The number of fused-ring (bicyclic) bond motifs is 3. The summed E-state index contributed by atoms with van der Waals surface area (Å²) in [5, 5.41) is 7.10. The fourth-order valence-corrected chi connectivity index (χ4v) is 6.68. The van der Waals surface area contributed by atoms with Crippen LogP contribution in [0.2, 0.25) is 0 Å². The third-order valence-corrected chi connectivity index (χ3v) is 10.5. The van der Waals surface area contributed by atoms with Gasteiger partial charge in [-0.3, -0.25) is 14.4 Å². The zero-order valence-corrected chi connectivity index (χ0v) is 29.2. The van der Waals surface area contributed by atoms with E-state index in [2.05, 4.69) is 22.2 Å². The van der Waals surface area contributed by atoms with Crippen LogP contribution >= 0.6 is 0 Å². The summed E-state index contributed by atoms with van der Waals surface area (Å²) in [7, 11) is -1.62. The molecule has 14 nitrogen and oxygen atoms in total. The molecule has 2 fully saturated rings. The molecule has 1 saturated carbocycles. The number of amides is 4. The molecule has 0 unspecified atom stereocenters.